The van der Waals surface area contributed by atoms with E-state index in [9.17, 15) is 0 Å². The minimum absolute atomic E-state index is 0.156. The zero-order valence-electron chi connectivity index (χ0n) is 7.71. The summed E-state index contributed by atoms with van der Waals surface area (Å²) in [5.74, 6) is 0.757. The van der Waals surface area contributed by atoms with Crippen molar-refractivity contribution >= 4 is 5.69 Å². The molecule has 0 saturated carbocycles. The van der Waals surface area contributed by atoms with Gasteiger partial charge in [0.25, 0.3) is 0 Å². The summed E-state index contributed by atoms with van der Waals surface area (Å²) in [6, 6.07) is 4.09. The number of ether oxygens (including phenoxy) is 1. The third-order valence-corrected chi connectivity index (χ3v) is 2.62. The molecule has 0 bridgehead atoms. The molecule has 2 rings (SSSR count). The highest BCUT2D eigenvalue weighted by Gasteiger charge is 2.20. The summed E-state index contributed by atoms with van der Waals surface area (Å²) < 4.78 is 5.14. The molecular formula is C10H14N2O. The van der Waals surface area contributed by atoms with Crippen LogP contribution in [0.3, 0.4) is 0 Å². The van der Waals surface area contributed by atoms with Gasteiger partial charge in [0.15, 0.2) is 0 Å². The summed E-state index contributed by atoms with van der Waals surface area (Å²) >= 11 is 0. The van der Waals surface area contributed by atoms with Crippen LogP contribution in [0.2, 0.25) is 0 Å². The smallest absolute Gasteiger partial charge is 0.142 e. The van der Waals surface area contributed by atoms with Gasteiger partial charge in [-0.3, -0.25) is 0 Å². The molecule has 1 aromatic carbocycles. The molecule has 1 atom stereocenters. The lowest BCUT2D eigenvalue weighted by Crippen LogP contribution is -2.06. The molecule has 1 aliphatic rings. The first-order valence-electron chi connectivity index (χ1n) is 4.44. The predicted molar refractivity (Wildman–Crippen MR) is 52.7 cm³/mol. The Morgan fingerprint density at radius 1 is 1.46 bits per heavy atom. The second-order valence-corrected chi connectivity index (χ2v) is 3.44. The Balaban J connectivity index is 2.50. The second-order valence-electron chi connectivity index (χ2n) is 3.44. The Hall–Kier alpha value is -1.22. The van der Waals surface area contributed by atoms with E-state index in [1.807, 2.05) is 12.1 Å². The van der Waals surface area contributed by atoms with E-state index >= 15 is 0 Å². The van der Waals surface area contributed by atoms with Gasteiger partial charge in [0.1, 0.15) is 5.75 Å². The third kappa shape index (κ3) is 1.25. The Labute approximate surface area is 77.7 Å². The van der Waals surface area contributed by atoms with Crippen LogP contribution >= 0.6 is 0 Å². The van der Waals surface area contributed by atoms with Crippen molar-refractivity contribution in [2.45, 2.75) is 18.9 Å². The molecule has 13 heavy (non-hydrogen) atoms. The molecule has 1 aliphatic carbocycles. The van der Waals surface area contributed by atoms with E-state index in [1.54, 1.807) is 7.11 Å². The number of benzene rings is 1. The standard InChI is InChI=1S/C10H14N2O/c1-13-10-4-6-2-3-8(11)7(6)5-9(10)12/h4-5,8H,2-3,11-12H2,1H3/t8-/m1/s1. The number of methoxy groups -OCH3 is 1. The van der Waals surface area contributed by atoms with E-state index in [-0.39, 0.29) is 6.04 Å². The van der Waals surface area contributed by atoms with Gasteiger partial charge in [0.2, 0.25) is 0 Å². The summed E-state index contributed by atoms with van der Waals surface area (Å²) in [5.41, 5.74) is 14.8. The minimum atomic E-state index is 0.156. The number of hydrogen-bond acceptors (Lipinski definition) is 3. The van der Waals surface area contributed by atoms with E-state index in [0.717, 1.165) is 18.6 Å². The molecule has 70 valence electrons. The summed E-state index contributed by atoms with van der Waals surface area (Å²) in [7, 11) is 1.63. The van der Waals surface area contributed by atoms with Crippen LogP contribution in [0.15, 0.2) is 12.1 Å². The second kappa shape index (κ2) is 2.92. The molecule has 1 aromatic rings. The first kappa shape index (κ1) is 8.38. The van der Waals surface area contributed by atoms with Crippen molar-refractivity contribution in [3.8, 4) is 5.75 Å². The van der Waals surface area contributed by atoms with Gasteiger partial charge in [-0.25, -0.2) is 0 Å². The van der Waals surface area contributed by atoms with Gasteiger partial charge >= 0.3 is 0 Å². The lowest BCUT2D eigenvalue weighted by Gasteiger charge is -2.09. The molecule has 0 radical (unpaired) electrons. The van der Waals surface area contributed by atoms with Crippen molar-refractivity contribution in [3.05, 3.63) is 23.3 Å². The number of nitrogens with two attached hydrogens (primary N) is 2. The zero-order chi connectivity index (χ0) is 9.42. The average molecular weight is 178 g/mol. The molecule has 3 heteroatoms. The van der Waals surface area contributed by atoms with Gasteiger partial charge in [-0.05, 0) is 36.1 Å². The number of fused-ring (bicyclic) bond motifs is 1. The van der Waals surface area contributed by atoms with Crippen LogP contribution in [0, 0.1) is 0 Å². The lowest BCUT2D eigenvalue weighted by molar-refractivity contribution is 0.416. The largest absolute Gasteiger partial charge is 0.495 e. The van der Waals surface area contributed by atoms with Crippen molar-refractivity contribution in [1.82, 2.24) is 0 Å². The van der Waals surface area contributed by atoms with Gasteiger partial charge in [-0.2, -0.15) is 0 Å². The van der Waals surface area contributed by atoms with E-state index in [0.29, 0.717) is 5.69 Å². The van der Waals surface area contributed by atoms with E-state index in [4.69, 9.17) is 16.2 Å². The van der Waals surface area contributed by atoms with Crippen molar-refractivity contribution in [3.63, 3.8) is 0 Å². The monoisotopic (exact) mass is 178 g/mol. The quantitative estimate of drug-likeness (QED) is 0.636. The highest BCUT2D eigenvalue weighted by molar-refractivity contribution is 5.58. The van der Waals surface area contributed by atoms with Gasteiger partial charge in [-0.1, -0.05) is 0 Å². The van der Waals surface area contributed by atoms with Crippen molar-refractivity contribution in [2.24, 2.45) is 5.73 Å². The zero-order valence-corrected chi connectivity index (χ0v) is 7.71. The number of anilines is 1. The molecule has 0 spiro atoms. The van der Waals surface area contributed by atoms with Crippen LogP contribution < -0.4 is 16.2 Å². The third-order valence-electron chi connectivity index (χ3n) is 2.62. The Kier molecular flexibility index (Phi) is 1.88. The first-order valence-corrected chi connectivity index (χ1v) is 4.44. The summed E-state index contributed by atoms with van der Waals surface area (Å²) in [6.45, 7) is 0. The fraction of sp³-hybridized carbons (Fsp3) is 0.400. The van der Waals surface area contributed by atoms with Crippen molar-refractivity contribution < 1.29 is 4.74 Å². The number of rotatable bonds is 1. The van der Waals surface area contributed by atoms with Crippen LogP contribution in [-0.2, 0) is 6.42 Å². The summed E-state index contributed by atoms with van der Waals surface area (Å²) in [6.07, 6.45) is 2.05. The van der Waals surface area contributed by atoms with Gasteiger partial charge in [0.05, 0.1) is 12.8 Å². The molecule has 3 nitrogen and oxygen atoms in total. The molecule has 0 aromatic heterocycles. The van der Waals surface area contributed by atoms with Crippen LogP contribution in [-0.4, -0.2) is 7.11 Å². The van der Waals surface area contributed by atoms with Crippen LogP contribution in [0.5, 0.6) is 5.75 Å². The maximum absolute atomic E-state index is 5.91. The van der Waals surface area contributed by atoms with E-state index in [2.05, 4.69) is 0 Å². The number of nitrogen functional groups attached to an aromatic ring is 1. The SMILES string of the molecule is COc1cc2c(cc1N)[C@H](N)CC2. The topological polar surface area (TPSA) is 61.3 Å². The lowest BCUT2D eigenvalue weighted by atomic mass is 10.1. The van der Waals surface area contributed by atoms with Crippen LogP contribution in [0.1, 0.15) is 23.6 Å². The van der Waals surface area contributed by atoms with Gasteiger partial charge in [-0.15, -0.1) is 0 Å². The molecule has 0 aliphatic heterocycles. The van der Waals surface area contributed by atoms with Crippen LogP contribution in [0.25, 0.3) is 0 Å². The highest BCUT2D eigenvalue weighted by atomic mass is 16.5. The maximum Gasteiger partial charge on any atom is 0.142 e. The fourth-order valence-electron chi connectivity index (χ4n) is 1.86. The molecule has 0 heterocycles. The molecule has 0 saturated heterocycles. The molecular weight excluding hydrogens is 164 g/mol. The molecule has 0 unspecified atom stereocenters. The van der Waals surface area contributed by atoms with E-state index in [1.165, 1.54) is 11.1 Å². The first-order chi connectivity index (χ1) is 6.22. The molecule has 0 amide bonds. The Morgan fingerprint density at radius 3 is 2.92 bits per heavy atom. The van der Waals surface area contributed by atoms with Crippen molar-refractivity contribution in [2.75, 3.05) is 12.8 Å². The summed E-state index contributed by atoms with van der Waals surface area (Å²) in [5, 5.41) is 0. The predicted octanol–water partition coefficient (Wildman–Crippen LogP) is 1.22. The van der Waals surface area contributed by atoms with Gasteiger partial charge < -0.3 is 16.2 Å². The maximum atomic E-state index is 5.91. The number of aryl methyl sites for hydroxylation is 1. The van der Waals surface area contributed by atoms with Crippen LogP contribution in [0.4, 0.5) is 5.69 Å². The minimum Gasteiger partial charge on any atom is -0.495 e. The summed E-state index contributed by atoms with van der Waals surface area (Å²) in [4.78, 5) is 0. The molecule has 4 N–H and O–H groups in total. The normalized spacial score (nSPS) is 20.0. The van der Waals surface area contributed by atoms with Gasteiger partial charge in [0, 0.05) is 6.04 Å². The highest BCUT2D eigenvalue weighted by Crippen LogP contribution is 2.35. The average Bonchev–Trinajstić information content (AvgIpc) is 2.47. The van der Waals surface area contributed by atoms with E-state index < -0.39 is 0 Å². The number of hydrogen-bond donors (Lipinski definition) is 2. The molecule has 0 fully saturated rings. The van der Waals surface area contributed by atoms with Crippen molar-refractivity contribution in [1.29, 1.82) is 0 Å². The fourth-order valence-corrected chi connectivity index (χ4v) is 1.86. The Bertz CT molecular complexity index is 336. The Morgan fingerprint density at radius 2 is 2.23 bits per heavy atom.